The molecule has 0 unspecified atom stereocenters. The van der Waals surface area contributed by atoms with Crippen molar-refractivity contribution in [1.29, 1.82) is 0 Å². The van der Waals surface area contributed by atoms with Gasteiger partial charge in [-0.1, -0.05) is 36.8 Å². The molecule has 0 radical (unpaired) electrons. The quantitative estimate of drug-likeness (QED) is 0.564. The van der Waals surface area contributed by atoms with E-state index in [0.29, 0.717) is 6.54 Å². The van der Waals surface area contributed by atoms with Crippen LogP contribution < -0.4 is 10.1 Å². The molecule has 0 saturated carbocycles. The molecular weight excluding hydrogens is 350 g/mol. The fourth-order valence-corrected chi connectivity index (χ4v) is 3.40. The van der Waals surface area contributed by atoms with Crippen molar-refractivity contribution in [1.82, 2.24) is 5.32 Å². The summed E-state index contributed by atoms with van der Waals surface area (Å²) in [5, 5.41) is 3.90. The summed E-state index contributed by atoms with van der Waals surface area (Å²) in [5.74, 6) is 0.638. The number of allylic oxidation sites excluding steroid dienone is 1. The Labute approximate surface area is 166 Å². The van der Waals surface area contributed by atoms with Crippen LogP contribution in [-0.2, 0) is 4.79 Å². The van der Waals surface area contributed by atoms with Gasteiger partial charge in [0.15, 0.2) is 0 Å². The van der Waals surface area contributed by atoms with Crippen LogP contribution in [0, 0.1) is 13.8 Å². The van der Waals surface area contributed by atoms with Crippen molar-refractivity contribution in [3.05, 3.63) is 59.4 Å². The molecule has 1 N–H and O–H groups in total. The number of rotatable bonds is 6. The summed E-state index contributed by atoms with van der Waals surface area (Å²) in [5.41, 5.74) is 6.83. The molecule has 2 aromatic carbocycles. The van der Waals surface area contributed by atoms with E-state index in [1.165, 1.54) is 5.56 Å². The van der Waals surface area contributed by atoms with E-state index in [2.05, 4.69) is 42.6 Å². The zero-order valence-corrected chi connectivity index (χ0v) is 17.2. The van der Waals surface area contributed by atoms with Crippen molar-refractivity contribution in [2.24, 2.45) is 0 Å². The molecule has 4 heteroatoms. The Balaban J connectivity index is 2.14. The third-order valence-electron chi connectivity index (χ3n) is 4.93. The number of amides is 1. The van der Waals surface area contributed by atoms with E-state index in [1.54, 1.807) is 19.4 Å². The summed E-state index contributed by atoms with van der Waals surface area (Å²) in [4.78, 5) is 12.2. The van der Waals surface area contributed by atoms with Gasteiger partial charge in [-0.15, -0.1) is 0 Å². The van der Waals surface area contributed by atoms with Crippen LogP contribution in [0.25, 0.3) is 27.7 Å². The summed E-state index contributed by atoms with van der Waals surface area (Å²) >= 11 is 0. The summed E-state index contributed by atoms with van der Waals surface area (Å²) in [6, 6.07) is 10.4. The van der Waals surface area contributed by atoms with Gasteiger partial charge in [0.25, 0.3) is 0 Å². The van der Waals surface area contributed by atoms with Crippen LogP contribution in [0.1, 0.15) is 37.0 Å². The number of carbonyl (C=O) groups excluding carboxylic acids is 1. The van der Waals surface area contributed by atoms with E-state index in [9.17, 15) is 4.79 Å². The fourth-order valence-electron chi connectivity index (χ4n) is 3.40. The molecule has 0 atom stereocenters. The normalized spacial score (nSPS) is 11.7. The summed E-state index contributed by atoms with van der Waals surface area (Å²) in [6.07, 6.45) is 4.32. The van der Waals surface area contributed by atoms with E-state index in [4.69, 9.17) is 9.15 Å². The minimum Gasteiger partial charge on any atom is -0.496 e. The molecule has 1 heterocycles. The molecule has 0 fully saturated rings. The molecule has 0 aliphatic heterocycles. The van der Waals surface area contributed by atoms with Crippen molar-refractivity contribution in [2.45, 2.75) is 34.1 Å². The van der Waals surface area contributed by atoms with Crippen LogP contribution in [0.3, 0.4) is 0 Å². The molecule has 146 valence electrons. The van der Waals surface area contributed by atoms with E-state index in [0.717, 1.165) is 51.0 Å². The molecule has 0 spiro atoms. The molecule has 0 bridgehead atoms. The third kappa shape index (κ3) is 3.81. The van der Waals surface area contributed by atoms with Crippen LogP contribution >= 0.6 is 0 Å². The van der Waals surface area contributed by atoms with E-state index < -0.39 is 0 Å². The standard InChI is InChI=1S/C24H27NO3/c1-6-11-25-22(26)12-16(3)19-13-20-21(18-9-7-15(2)8-10-18)14-28-24(20)17(4)23(19)27-5/h7-10,12-14H,6,11H2,1-5H3,(H,25,26)/b16-12+. The topological polar surface area (TPSA) is 51.5 Å². The van der Waals surface area contributed by atoms with Crippen LogP contribution in [0.5, 0.6) is 5.75 Å². The van der Waals surface area contributed by atoms with Crippen LogP contribution in [0.15, 0.2) is 47.1 Å². The number of benzene rings is 2. The highest BCUT2D eigenvalue weighted by molar-refractivity contribution is 6.01. The number of fused-ring (bicyclic) bond motifs is 1. The van der Waals surface area contributed by atoms with E-state index in [-0.39, 0.29) is 5.91 Å². The second-order valence-corrected chi connectivity index (χ2v) is 7.09. The maximum absolute atomic E-state index is 12.2. The molecule has 1 amide bonds. The lowest BCUT2D eigenvalue weighted by Gasteiger charge is -2.13. The molecule has 3 aromatic rings. The maximum atomic E-state index is 12.2. The predicted octanol–water partition coefficient (Wildman–Crippen LogP) is 5.65. The second-order valence-electron chi connectivity index (χ2n) is 7.09. The lowest BCUT2D eigenvalue weighted by Crippen LogP contribution is -2.21. The van der Waals surface area contributed by atoms with Crippen molar-refractivity contribution in [3.8, 4) is 16.9 Å². The molecule has 0 aliphatic rings. The van der Waals surface area contributed by atoms with Crippen molar-refractivity contribution < 1.29 is 13.9 Å². The average molecular weight is 377 g/mol. The minimum atomic E-state index is -0.0925. The Morgan fingerprint density at radius 1 is 1.21 bits per heavy atom. The smallest absolute Gasteiger partial charge is 0.244 e. The molecule has 28 heavy (non-hydrogen) atoms. The number of hydrogen-bond acceptors (Lipinski definition) is 3. The number of hydrogen-bond donors (Lipinski definition) is 1. The molecule has 0 aliphatic carbocycles. The highest BCUT2D eigenvalue weighted by atomic mass is 16.5. The monoisotopic (exact) mass is 377 g/mol. The van der Waals surface area contributed by atoms with Gasteiger partial charge in [0.1, 0.15) is 11.3 Å². The zero-order chi connectivity index (χ0) is 20.3. The first kappa shape index (κ1) is 19.7. The maximum Gasteiger partial charge on any atom is 0.244 e. The Morgan fingerprint density at radius 3 is 2.57 bits per heavy atom. The van der Waals surface area contributed by atoms with Crippen LogP contribution in [0.4, 0.5) is 0 Å². The van der Waals surface area contributed by atoms with Gasteiger partial charge in [-0.3, -0.25) is 4.79 Å². The van der Waals surface area contributed by atoms with Gasteiger partial charge in [0.2, 0.25) is 5.91 Å². The highest BCUT2D eigenvalue weighted by Gasteiger charge is 2.18. The second kappa shape index (κ2) is 8.34. The molecule has 3 rings (SSSR count). The van der Waals surface area contributed by atoms with E-state index >= 15 is 0 Å². The molecule has 0 saturated heterocycles. The first-order valence-corrected chi connectivity index (χ1v) is 9.58. The van der Waals surface area contributed by atoms with Gasteiger partial charge >= 0.3 is 0 Å². The SMILES string of the molecule is CCCNC(=O)/C=C(\C)c1cc2c(-c3ccc(C)cc3)coc2c(C)c1OC. The number of furan rings is 1. The molecule has 1 aromatic heterocycles. The van der Waals surface area contributed by atoms with Crippen LogP contribution in [0.2, 0.25) is 0 Å². The van der Waals surface area contributed by atoms with Crippen molar-refractivity contribution >= 4 is 22.4 Å². The van der Waals surface area contributed by atoms with Crippen LogP contribution in [-0.4, -0.2) is 19.6 Å². The van der Waals surface area contributed by atoms with Gasteiger partial charge < -0.3 is 14.5 Å². The Kier molecular flexibility index (Phi) is 5.88. The minimum absolute atomic E-state index is 0.0925. The summed E-state index contributed by atoms with van der Waals surface area (Å²) in [6.45, 7) is 8.68. The highest BCUT2D eigenvalue weighted by Crippen LogP contribution is 2.40. The lowest BCUT2D eigenvalue weighted by atomic mass is 9.96. The van der Waals surface area contributed by atoms with Gasteiger partial charge in [0, 0.05) is 34.7 Å². The number of nitrogens with one attached hydrogen (secondary N) is 1. The number of aryl methyl sites for hydroxylation is 2. The Morgan fingerprint density at radius 2 is 1.93 bits per heavy atom. The first-order chi connectivity index (χ1) is 13.5. The first-order valence-electron chi connectivity index (χ1n) is 9.58. The van der Waals surface area contributed by atoms with Crippen molar-refractivity contribution in [3.63, 3.8) is 0 Å². The van der Waals surface area contributed by atoms with Gasteiger partial charge in [-0.2, -0.15) is 0 Å². The largest absolute Gasteiger partial charge is 0.496 e. The summed E-state index contributed by atoms with van der Waals surface area (Å²) < 4.78 is 11.6. The number of carbonyl (C=O) groups is 1. The number of ether oxygens (including phenoxy) is 1. The van der Waals surface area contributed by atoms with E-state index in [1.807, 2.05) is 20.8 Å². The third-order valence-corrected chi connectivity index (χ3v) is 4.93. The number of methoxy groups -OCH3 is 1. The lowest BCUT2D eigenvalue weighted by molar-refractivity contribution is -0.116. The Hall–Kier alpha value is -3.01. The average Bonchev–Trinajstić information content (AvgIpc) is 3.11. The van der Waals surface area contributed by atoms with Gasteiger partial charge in [-0.25, -0.2) is 0 Å². The van der Waals surface area contributed by atoms with Gasteiger partial charge in [-0.05, 0) is 44.4 Å². The van der Waals surface area contributed by atoms with Crippen molar-refractivity contribution in [2.75, 3.05) is 13.7 Å². The molecular formula is C24H27NO3. The molecule has 4 nitrogen and oxygen atoms in total. The Bertz CT molecular complexity index is 1030. The zero-order valence-electron chi connectivity index (χ0n) is 17.2. The summed E-state index contributed by atoms with van der Waals surface area (Å²) in [7, 11) is 1.64. The fraction of sp³-hybridized carbons (Fsp3) is 0.292. The van der Waals surface area contributed by atoms with Gasteiger partial charge in [0.05, 0.1) is 13.4 Å². The predicted molar refractivity (Wildman–Crippen MR) is 115 cm³/mol.